The predicted molar refractivity (Wildman–Crippen MR) is 267 cm³/mol. The number of aromatic hydroxyl groups is 2. The lowest BCUT2D eigenvalue weighted by Gasteiger charge is -2.42. The van der Waals surface area contributed by atoms with Crippen LogP contribution in [0.15, 0.2) is 72.8 Å². The number of anilines is 1. The number of amides is 4. The first kappa shape index (κ1) is 55.4. The molecule has 7 rings (SSSR count). The average molecular weight is 1040 g/mol. The quantitative estimate of drug-likeness (QED) is 0.0389. The summed E-state index contributed by atoms with van der Waals surface area (Å²) in [7, 11) is 1.29. The number of carbonyl (C=O) groups is 7. The molecule has 4 amide bonds. The van der Waals surface area contributed by atoms with Crippen LogP contribution in [0, 0.1) is 0 Å². The van der Waals surface area contributed by atoms with Crippen molar-refractivity contribution in [1.29, 1.82) is 0 Å². The molecule has 4 aromatic rings. The third-order valence-electron chi connectivity index (χ3n) is 13.6. The number of alkyl carbamates (subject to hydrolysis) is 1. The molecule has 0 radical (unpaired) electrons. The number of methoxy groups -OCH3 is 1. The van der Waals surface area contributed by atoms with Crippen molar-refractivity contribution in [3.63, 3.8) is 0 Å². The Morgan fingerprint density at radius 3 is 2.21 bits per heavy atom. The van der Waals surface area contributed by atoms with Crippen LogP contribution in [-0.2, 0) is 52.8 Å². The highest BCUT2D eigenvalue weighted by Gasteiger charge is 2.50. The smallest absolute Gasteiger partial charge is 0.407 e. The standard InChI is InChI=1S/C53H62N6O16/c1-26(55)49(67)58-35(20-28-10-5-4-6-11-28)51(69)57-33(13-7-8-19-54)50(68)56-30-17-15-29(16-18-30)25-73-52(70)59-34-21-39(74-27(2)44(34)62)75-37-23-53(71,38(61)24-60)22-32-41(37)48(66)43-42(46(32)64)45(63)31-12-9-14-36(72-3)40(31)47(43)65/h4-6,9-12,14-18,26-27,33-35,37,39,44,60,62,64,66,71H,7-8,13,19-25,54-55H2,1-3H3,(H,56,68)(H,57,69)(H,58,67)(H,59,70)/t26-,27+,33+,34+,35+,37+,39+,44-,53+/m1/s1. The number of aliphatic hydroxyl groups is 3. The normalized spacial score (nSPS) is 22.0. The highest BCUT2D eigenvalue weighted by Crippen LogP contribution is 2.52. The minimum absolute atomic E-state index is 0.0317. The summed E-state index contributed by atoms with van der Waals surface area (Å²) in [6.45, 7) is 1.97. The van der Waals surface area contributed by atoms with Crippen LogP contribution in [0.1, 0.15) is 106 Å². The Hall–Kier alpha value is -7.31. The van der Waals surface area contributed by atoms with Gasteiger partial charge in [-0.25, -0.2) is 4.79 Å². The van der Waals surface area contributed by atoms with Gasteiger partial charge in [0.1, 0.15) is 54.3 Å². The number of aliphatic hydroxyl groups excluding tert-OH is 2. The van der Waals surface area contributed by atoms with Gasteiger partial charge in [-0.05, 0) is 69.0 Å². The molecular formula is C53H62N6O16. The molecule has 22 heteroatoms. The van der Waals surface area contributed by atoms with Crippen LogP contribution in [0.4, 0.5) is 10.5 Å². The Labute approximate surface area is 431 Å². The van der Waals surface area contributed by atoms with Gasteiger partial charge in [0.2, 0.25) is 23.5 Å². The van der Waals surface area contributed by atoms with Crippen molar-refractivity contribution >= 4 is 46.9 Å². The van der Waals surface area contributed by atoms with Crippen molar-refractivity contribution in [2.45, 2.75) is 120 Å². The van der Waals surface area contributed by atoms with Crippen molar-refractivity contribution in [2.75, 3.05) is 25.6 Å². The number of fused-ring (bicyclic) bond motifs is 3. The monoisotopic (exact) mass is 1040 g/mol. The van der Waals surface area contributed by atoms with E-state index in [-0.39, 0.29) is 53.9 Å². The fourth-order valence-corrected chi connectivity index (χ4v) is 9.51. The first-order valence-corrected chi connectivity index (χ1v) is 24.4. The number of ether oxygens (including phenoxy) is 4. The number of nitrogens with one attached hydrogen (secondary N) is 4. The molecule has 3 aliphatic rings. The molecule has 0 unspecified atom stereocenters. The number of unbranched alkanes of at least 4 members (excludes halogenated alkanes) is 1. The molecule has 0 bridgehead atoms. The molecule has 400 valence electrons. The number of Topliss-reactive ketones (excluding diaryl/α,β-unsaturated/α-hetero) is 1. The number of rotatable bonds is 20. The molecule has 1 heterocycles. The lowest BCUT2D eigenvalue weighted by molar-refractivity contribution is -0.249. The van der Waals surface area contributed by atoms with E-state index < -0.39 is 138 Å². The fraction of sp³-hybridized carbons (Fsp3) is 0.415. The Morgan fingerprint density at radius 1 is 0.853 bits per heavy atom. The number of hydrogen-bond donors (Lipinski definition) is 11. The van der Waals surface area contributed by atoms with Gasteiger partial charge in [0, 0.05) is 48.1 Å². The first-order chi connectivity index (χ1) is 35.8. The lowest BCUT2D eigenvalue weighted by Crippen LogP contribution is -2.56. The van der Waals surface area contributed by atoms with Crippen LogP contribution in [-0.4, -0.2) is 135 Å². The zero-order valence-corrected chi connectivity index (χ0v) is 41.5. The topological polar surface area (TPSA) is 358 Å². The fourth-order valence-electron chi connectivity index (χ4n) is 9.51. The molecule has 4 aromatic carbocycles. The van der Waals surface area contributed by atoms with E-state index in [2.05, 4.69) is 21.3 Å². The van der Waals surface area contributed by atoms with Crippen LogP contribution in [0.25, 0.3) is 0 Å². The second-order valence-electron chi connectivity index (χ2n) is 18.9. The highest BCUT2D eigenvalue weighted by atomic mass is 16.7. The van der Waals surface area contributed by atoms with Gasteiger partial charge >= 0.3 is 6.09 Å². The summed E-state index contributed by atoms with van der Waals surface area (Å²) in [5.41, 5.74) is 8.78. The highest BCUT2D eigenvalue weighted by molar-refractivity contribution is 6.31. The Balaban J connectivity index is 1.01. The molecule has 0 saturated carbocycles. The van der Waals surface area contributed by atoms with Crippen LogP contribution in [0.5, 0.6) is 17.2 Å². The maximum absolute atomic E-state index is 14.0. The second-order valence-corrected chi connectivity index (χ2v) is 18.9. The summed E-state index contributed by atoms with van der Waals surface area (Å²) in [4.78, 5) is 94.1. The maximum Gasteiger partial charge on any atom is 0.407 e. The van der Waals surface area contributed by atoms with Gasteiger partial charge in [-0.2, -0.15) is 0 Å². The molecule has 1 fully saturated rings. The van der Waals surface area contributed by atoms with Gasteiger partial charge in [-0.15, -0.1) is 0 Å². The minimum atomic E-state index is -2.40. The number of hydrogen-bond acceptors (Lipinski definition) is 18. The summed E-state index contributed by atoms with van der Waals surface area (Å²) in [6.07, 6.45) is -6.24. The van der Waals surface area contributed by atoms with E-state index in [0.717, 1.165) is 5.56 Å². The van der Waals surface area contributed by atoms with Gasteiger partial charge in [0.15, 0.2) is 17.9 Å². The Bertz CT molecular complexity index is 2810. The third kappa shape index (κ3) is 12.3. The Morgan fingerprint density at radius 2 is 1.55 bits per heavy atom. The summed E-state index contributed by atoms with van der Waals surface area (Å²) in [5, 5.41) is 67.0. The summed E-state index contributed by atoms with van der Waals surface area (Å²) in [6, 6.07) is 15.6. The van der Waals surface area contributed by atoms with Gasteiger partial charge in [-0.1, -0.05) is 54.6 Å². The van der Waals surface area contributed by atoms with E-state index in [1.807, 2.05) is 18.2 Å². The molecule has 1 aliphatic heterocycles. The van der Waals surface area contributed by atoms with Crippen molar-refractivity contribution in [1.82, 2.24) is 16.0 Å². The third-order valence-corrected chi connectivity index (χ3v) is 13.6. The van der Waals surface area contributed by atoms with E-state index in [0.29, 0.717) is 30.6 Å². The Kier molecular flexibility index (Phi) is 17.7. The van der Waals surface area contributed by atoms with Gasteiger partial charge < -0.3 is 77.2 Å². The molecule has 0 spiro atoms. The molecule has 9 atom stereocenters. The van der Waals surface area contributed by atoms with Crippen molar-refractivity contribution in [2.24, 2.45) is 11.5 Å². The zero-order chi connectivity index (χ0) is 54.3. The first-order valence-electron chi connectivity index (χ1n) is 24.4. The summed E-state index contributed by atoms with van der Waals surface area (Å²) >= 11 is 0. The molecule has 2 aliphatic carbocycles. The molecule has 13 N–H and O–H groups in total. The zero-order valence-electron chi connectivity index (χ0n) is 41.5. The molecule has 22 nitrogen and oxygen atoms in total. The molecule has 1 saturated heterocycles. The van der Waals surface area contributed by atoms with E-state index in [9.17, 15) is 59.1 Å². The van der Waals surface area contributed by atoms with E-state index in [4.69, 9.17) is 30.4 Å². The van der Waals surface area contributed by atoms with Crippen LogP contribution in [0.2, 0.25) is 0 Å². The van der Waals surface area contributed by atoms with Crippen molar-refractivity contribution in [3.05, 3.63) is 117 Å². The molecular weight excluding hydrogens is 977 g/mol. The number of phenols is 2. The molecule has 75 heavy (non-hydrogen) atoms. The number of carbonyl (C=O) groups excluding carboxylic acids is 7. The maximum atomic E-state index is 14.0. The van der Waals surface area contributed by atoms with Crippen LogP contribution >= 0.6 is 0 Å². The number of nitrogens with two attached hydrogens (primary N) is 2. The molecule has 0 aromatic heterocycles. The van der Waals surface area contributed by atoms with Crippen LogP contribution in [0.3, 0.4) is 0 Å². The largest absolute Gasteiger partial charge is 0.507 e. The van der Waals surface area contributed by atoms with E-state index in [1.54, 1.807) is 36.4 Å². The SMILES string of the molecule is COc1cccc2c1C(=O)c1c(O)c3c(c(O)c1C2=O)C[C@@](O)(C(=O)CO)C[C@@H]3O[C@H]1C[C@H](NC(=O)OCc2ccc(NC(=O)[C@H](CCCCN)NC(=O)[C@H](Cc3ccccc3)NC(=O)[C@@H](C)N)cc2)[C@H](O)[C@H](C)O1. The van der Waals surface area contributed by atoms with Gasteiger partial charge in [-0.3, -0.25) is 28.8 Å². The van der Waals surface area contributed by atoms with E-state index >= 15 is 0 Å². The summed E-state index contributed by atoms with van der Waals surface area (Å²) in [5.74, 6) is -5.93. The minimum Gasteiger partial charge on any atom is -0.507 e. The van der Waals surface area contributed by atoms with Gasteiger partial charge in [0.25, 0.3) is 0 Å². The van der Waals surface area contributed by atoms with Gasteiger partial charge in [0.05, 0.1) is 48.1 Å². The second kappa shape index (κ2) is 23.9. The number of phenolic OH excluding ortho intramolecular Hbond substituents is 2. The summed E-state index contributed by atoms with van der Waals surface area (Å²) < 4.78 is 23.0. The van der Waals surface area contributed by atoms with E-state index in [1.165, 1.54) is 39.2 Å². The lowest BCUT2D eigenvalue weighted by atomic mass is 9.72. The number of ketones is 3. The van der Waals surface area contributed by atoms with Crippen molar-refractivity contribution in [3.8, 4) is 17.2 Å². The number of benzene rings is 4. The van der Waals surface area contributed by atoms with Crippen LogP contribution < -0.4 is 37.5 Å². The predicted octanol–water partition coefficient (Wildman–Crippen LogP) is 1.60. The van der Waals surface area contributed by atoms with Crippen molar-refractivity contribution < 1.29 is 78.0 Å². The average Bonchev–Trinajstić information content (AvgIpc) is 3.42.